The van der Waals surface area contributed by atoms with Gasteiger partial charge in [-0.2, -0.15) is 0 Å². The third-order valence-electron chi connectivity index (χ3n) is 2.65. The predicted octanol–water partition coefficient (Wildman–Crippen LogP) is 1.89. The normalized spacial score (nSPS) is 12.1. The molecule has 0 radical (unpaired) electrons. The van der Waals surface area contributed by atoms with Gasteiger partial charge in [-0.25, -0.2) is 9.59 Å². The van der Waals surface area contributed by atoms with Crippen LogP contribution in [0.15, 0.2) is 18.2 Å². The summed E-state index contributed by atoms with van der Waals surface area (Å²) in [6.45, 7) is 5.05. The van der Waals surface area contributed by atoms with E-state index in [9.17, 15) is 19.8 Å². The Morgan fingerprint density at radius 3 is 2.55 bits per heavy atom. The first kappa shape index (κ1) is 17.4. The monoisotopic (exact) mass is 305 g/mol. The summed E-state index contributed by atoms with van der Waals surface area (Å²) in [6, 6.07) is 3.27. The number of aromatic hydroxyl groups is 1. The number of phenols is 1. The third kappa shape index (κ3) is 5.37. The van der Waals surface area contributed by atoms with Gasteiger partial charge >= 0.3 is 12.1 Å². The number of carbonyl (C=O) groups is 2. The molecule has 0 aliphatic heterocycles. The van der Waals surface area contributed by atoms with Crippen molar-refractivity contribution in [2.24, 2.45) is 0 Å². The summed E-state index contributed by atoms with van der Waals surface area (Å²) >= 11 is 0. The molecule has 1 aromatic rings. The lowest BCUT2D eigenvalue weighted by Gasteiger charge is -2.22. The molecule has 0 aromatic heterocycles. The number of benzene rings is 1. The molecule has 1 rings (SSSR count). The van der Waals surface area contributed by atoms with E-state index >= 15 is 0 Å². The van der Waals surface area contributed by atoms with E-state index in [4.69, 9.17) is 11.2 Å². The van der Waals surface area contributed by atoms with Crippen molar-refractivity contribution < 1.29 is 24.5 Å². The second-order valence-corrected chi connectivity index (χ2v) is 5.74. The molecule has 0 saturated carbocycles. The number of terminal acetylenes is 1. The molecule has 0 aliphatic carbocycles. The number of hydrogen-bond donors (Lipinski definition) is 3. The number of carbonyl (C=O) groups excluding carboxylic acids is 1. The molecule has 0 bridgehead atoms. The number of phenolic OH excluding ortho intramolecular Hbond substituents is 1. The molecule has 118 valence electrons. The fraction of sp³-hybridized carbons (Fsp3) is 0.375. The van der Waals surface area contributed by atoms with E-state index in [2.05, 4.69) is 11.2 Å². The maximum Gasteiger partial charge on any atom is 0.408 e. The van der Waals surface area contributed by atoms with Gasteiger partial charge in [-0.3, -0.25) is 0 Å². The summed E-state index contributed by atoms with van der Waals surface area (Å²) in [6.07, 6.45) is 4.45. The van der Waals surface area contributed by atoms with Crippen molar-refractivity contribution in [1.82, 2.24) is 5.32 Å². The van der Waals surface area contributed by atoms with Crippen molar-refractivity contribution in [1.29, 1.82) is 0 Å². The fourth-order valence-electron chi connectivity index (χ4n) is 1.71. The molecule has 0 aliphatic rings. The van der Waals surface area contributed by atoms with Crippen LogP contribution in [0, 0.1) is 12.3 Å². The van der Waals surface area contributed by atoms with Crippen molar-refractivity contribution in [2.75, 3.05) is 0 Å². The smallest absolute Gasteiger partial charge is 0.408 e. The Hall–Kier alpha value is -2.68. The van der Waals surface area contributed by atoms with Gasteiger partial charge in [0.05, 0.1) is 5.56 Å². The molecule has 3 N–H and O–H groups in total. The Balaban J connectivity index is 2.83. The lowest BCUT2D eigenvalue weighted by Crippen LogP contribution is -2.44. The summed E-state index contributed by atoms with van der Waals surface area (Å²) in [5.74, 6) is 1.05. The number of ether oxygens (including phenoxy) is 1. The van der Waals surface area contributed by atoms with Gasteiger partial charge < -0.3 is 20.3 Å². The highest BCUT2D eigenvalue weighted by Crippen LogP contribution is 2.18. The number of rotatable bonds is 4. The topological polar surface area (TPSA) is 95.9 Å². The molecular formula is C16H19NO5. The van der Waals surface area contributed by atoms with Crippen LogP contribution in [0.3, 0.4) is 0 Å². The third-order valence-corrected chi connectivity index (χ3v) is 2.65. The van der Waals surface area contributed by atoms with E-state index < -0.39 is 23.7 Å². The Morgan fingerprint density at radius 2 is 2.05 bits per heavy atom. The van der Waals surface area contributed by atoms with Gasteiger partial charge in [-0.1, -0.05) is 12.0 Å². The number of amides is 1. The highest BCUT2D eigenvalue weighted by molar-refractivity contribution is 5.80. The van der Waals surface area contributed by atoms with Crippen LogP contribution >= 0.6 is 0 Å². The minimum Gasteiger partial charge on any atom is -0.507 e. The summed E-state index contributed by atoms with van der Waals surface area (Å²) in [5.41, 5.74) is 0.121. The van der Waals surface area contributed by atoms with Gasteiger partial charge in [0.15, 0.2) is 0 Å². The van der Waals surface area contributed by atoms with Gasteiger partial charge in [0.2, 0.25) is 0 Å². The van der Waals surface area contributed by atoms with Crippen molar-refractivity contribution >= 4 is 12.1 Å². The van der Waals surface area contributed by atoms with E-state index in [1.165, 1.54) is 12.1 Å². The van der Waals surface area contributed by atoms with Gasteiger partial charge in [-0.15, -0.1) is 6.42 Å². The Morgan fingerprint density at radius 1 is 1.41 bits per heavy atom. The van der Waals surface area contributed by atoms with E-state index in [1.807, 2.05) is 0 Å². The molecule has 1 aromatic carbocycles. The number of carboxylic acid groups (broad SMARTS) is 1. The van der Waals surface area contributed by atoms with Crippen LogP contribution < -0.4 is 5.32 Å². The van der Waals surface area contributed by atoms with E-state index in [1.54, 1.807) is 26.8 Å². The average Bonchev–Trinajstić information content (AvgIpc) is 2.37. The molecule has 0 saturated heterocycles. The Labute approximate surface area is 129 Å². The van der Waals surface area contributed by atoms with E-state index in [-0.39, 0.29) is 17.7 Å². The van der Waals surface area contributed by atoms with E-state index in [0.717, 1.165) is 0 Å². The second-order valence-electron chi connectivity index (χ2n) is 5.74. The first-order valence-corrected chi connectivity index (χ1v) is 6.63. The molecule has 1 atom stereocenters. The second kappa shape index (κ2) is 6.85. The zero-order valence-corrected chi connectivity index (χ0v) is 12.7. The minimum absolute atomic E-state index is 0.0174. The summed E-state index contributed by atoms with van der Waals surface area (Å²) < 4.78 is 5.03. The van der Waals surface area contributed by atoms with Crippen LogP contribution in [0.1, 0.15) is 31.9 Å². The molecular weight excluding hydrogens is 286 g/mol. The molecule has 0 fully saturated rings. The lowest BCUT2D eigenvalue weighted by atomic mass is 10.0. The molecule has 0 spiro atoms. The average molecular weight is 305 g/mol. The van der Waals surface area contributed by atoms with Crippen LogP contribution in [0.4, 0.5) is 4.79 Å². The van der Waals surface area contributed by atoms with Crippen LogP contribution in [-0.2, 0) is 16.0 Å². The molecule has 6 heteroatoms. The summed E-state index contributed by atoms with van der Waals surface area (Å²) in [5, 5.41) is 21.0. The summed E-state index contributed by atoms with van der Waals surface area (Å²) in [4.78, 5) is 22.9. The van der Waals surface area contributed by atoms with Crippen molar-refractivity contribution in [3.05, 3.63) is 29.3 Å². The first-order chi connectivity index (χ1) is 10.1. The number of carboxylic acids is 1. The quantitative estimate of drug-likeness (QED) is 0.738. The molecule has 22 heavy (non-hydrogen) atoms. The van der Waals surface area contributed by atoms with Crippen LogP contribution in [0.5, 0.6) is 5.75 Å². The standard InChI is InChI=1S/C16H19NO5/c1-5-11-8-10(6-7-13(11)18)9-12(14(19)20)17-15(21)22-16(2,3)4/h1,6-8,12,18H,9H2,2-4H3,(H,17,21)(H,19,20)/t12-/m0/s1. The van der Waals surface area contributed by atoms with Gasteiger partial charge in [0.25, 0.3) is 0 Å². The highest BCUT2D eigenvalue weighted by Gasteiger charge is 2.24. The largest absolute Gasteiger partial charge is 0.507 e. The van der Waals surface area contributed by atoms with Gasteiger partial charge in [0, 0.05) is 6.42 Å². The Kier molecular flexibility index (Phi) is 5.41. The predicted molar refractivity (Wildman–Crippen MR) is 80.5 cm³/mol. The molecule has 6 nitrogen and oxygen atoms in total. The fourth-order valence-corrected chi connectivity index (χ4v) is 1.71. The van der Waals surface area contributed by atoms with Crippen LogP contribution in [-0.4, -0.2) is 33.9 Å². The van der Waals surface area contributed by atoms with E-state index in [0.29, 0.717) is 5.56 Å². The first-order valence-electron chi connectivity index (χ1n) is 6.63. The maximum atomic E-state index is 11.7. The number of aliphatic carboxylic acids is 1. The zero-order valence-electron chi connectivity index (χ0n) is 12.7. The van der Waals surface area contributed by atoms with Gasteiger partial charge in [-0.05, 0) is 38.5 Å². The van der Waals surface area contributed by atoms with Crippen LogP contribution in [0.25, 0.3) is 0 Å². The minimum atomic E-state index is -1.19. The SMILES string of the molecule is C#Cc1cc(C[C@H](NC(=O)OC(C)(C)C)C(=O)O)ccc1O. The van der Waals surface area contributed by atoms with Crippen molar-refractivity contribution in [2.45, 2.75) is 38.8 Å². The highest BCUT2D eigenvalue weighted by atomic mass is 16.6. The number of nitrogens with one attached hydrogen (secondary N) is 1. The van der Waals surface area contributed by atoms with Crippen LogP contribution in [0.2, 0.25) is 0 Å². The maximum absolute atomic E-state index is 11.7. The Bertz CT molecular complexity index is 610. The van der Waals surface area contributed by atoms with Crippen molar-refractivity contribution in [3.8, 4) is 18.1 Å². The number of hydrogen-bond acceptors (Lipinski definition) is 4. The zero-order chi connectivity index (χ0) is 16.9. The van der Waals surface area contributed by atoms with Crippen molar-refractivity contribution in [3.63, 3.8) is 0 Å². The molecule has 0 unspecified atom stereocenters. The number of alkyl carbamates (subject to hydrolysis) is 1. The summed E-state index contributed by atoms with van der Waals surface area (Å²) in [7, 11) is 0. The molecule has 1 amide bonds. The van der Waals surface area contributed by atoms with Gasteiger partial charge in [0.1, 0.15) is 17.4 Å². The lowest BCUT2D eigenvalue weighted by molar-refractivity contribution is -0.139. The molecule has 0 heterocycles.